The van der Waals surface area contributed by atoms with Gasteiger partial charge in [0.1, 0.15) is 5.82 Å². The van der Waals surface area contributed by atoms with E-state index in [-0.39, 0.29) is 5.82 Å². The summed E-state index contributed by atoms with van der Waals surface area (Å²) in [5.41, 5.74) is 4.13. The van der Waals surface area contributed by atoms with Gasteiger partial charge in [0, 0.05) is 5.56 Å². The maximum atomic E-state index is 14.8. The molecule has 0 saturated heterocycles. The summed E-state index contributed by atoms with van der Waals surface area (Å²) in [5, 5.41) is 0. The number of aryl methyl sites for hydroxylation is 1. The van der Waals surface area contributed by atoms with Gasteiger partial charge in [-0.05, 0) is 66.2 Å². The van der Waals surface area contributed by atoms with Gasteiger partial charge in [0.25, 0.3) is 0 Å². The van der Waals surface area contributed by atoms with E-state index in [1.54, 1.807) is 6.07 Å². The van der Waals surface area contributed by atoms with Gasteiger partial charge < -0.3 is 0 Å². The average Bonchev–Trinajstić information content (AvgIpc) is 2.75. The zero-order chi connectivity index (χ0) is 20.6. The second kappa shape index (κ2) is 11.0. The molecule has 2 aromatic rings. The standard InChI is InChI=1S/C28H39F/c1-4-6-7-8-23-11-14-25(15-12-23)21(3)19-24-13-18-27(28(29)20-24)26-16-9-22(5-2)10-17-26/h9-10,13,16-18,20-21,23,25H,4-8,11-12,14-15,19H2,1-3H3. The lowest BCUT2D eigenvalue weighted by Crippen LogP contribution is -2.21. The van der Waals surface area contributed by atoms with Crippen molar-refractivity contribution in [2.75, 3.05) is 0 Å². The van der Waals surface area contributed by atoms with E-state index in [9.17, 15) is 4.39 Å². The molecule has 2 aromatic carbocycles. The highest BCUT2D eigenvalue weighted by Gasteiger charge is 2.25. The fraction of sp³-hybridized carbons (Fsp3) is 0.571. The van der Waals surface area contributed by atoms with Crippen LogP contribution in [0.5, 0.6) is 0 Å². The molecule has 0 amide bonds. The summed E-state index contributed by atoms with van der Waals surface area (Å²) < 4.78 is 14.8. The quantitative estimate of drug-likeness (QED) is 0.373. The Morgan fingerprint density at radius 2 is 1.59 bits per heavy atom. The van der Waals surface area contributed by atoms with Crippen molar-refractivity contribution < 1.29 is 4.39 Å². The molecule has 0 radical (unpaired) electrons. The van der Waals surface area contributed by atoms with Gasteiger partial charge in [0.2, 0.25) is 0 Å². The summed E-state index contributed by atoms with van der Waals surface area (Å²) in [4.78, 5) is 0. The van der Waals surface area contributed by atoms with Crippen molar-refractivity contribution in [3.8, 4) is 11.1 Å². The van der Waals surface area contributed by atoms with Crippen molar-refractivity contribution in [1.82, 2.24) is 0 Å². The fourth-order valence-corrected chi connectivity index (χ4v) is 5.11. The van der Waals surface area contributed by atoms with Gasteiger partial charge in [-0.15, -0.1) is 0 Å². The van der Waals surface area contributed by atoms with Crippen molar-refractivity contribution >= 4 is 0 Å². The van der Waals surface area contributed by atoms with Crippen LogP contribution in [-0.4, -0.2) is 0 Å². The lowest BCUT2D eigenvalue weighted by Gasteiger charge is -2.32. The van der Waals surface area contributed by atoms with E-state index in [2.05, 4.69) is 39.0 Å². The monoisotopic (exact) mass is 394 g/mol. The van der Waals surface area contributed by atoms with Crippen LogP contribution < -0.4 is 0 Å². The summed E-state index contributed by atoms with van der Waals surface area (Å²) in [5.74, 6) is 2.32. The second-order valence-electron chi connectivity index (χ2n) is 9.32. The Balaban J connectivity index is 1.54. The van der Waals surface area contributed by atoms with Gasteiger partial charge in [-0.25, -0.2) is 4.39 Å². The van der Waals surface area contributed by atoms with Crippen LogP contribution in [0.2, 0.25) is 0 Å². The van der Waals surface area contributed by atoms with E-state index in [4.69, 9.17) is 0 Å². The van der Waals surface area contributed by atoms with Gasteiger partial charge in [-0.1, -0.05) is 95.7 Å². The van der Waals surface area contributed by atoms with E-state index in [0.717, 1.165) is 41.4 Å². The molecule has 1 aliphatic carbocycles. The van der Waals surface area contributed by atoms with E-state index in [1.807, 2.05) is 18.2 Å². The maximum Gasteiger partial charge on any atom is 0.131 e. The highest BCUT2D eigenvalue weighted by molar-refractivity contribution is 5.64. The SMILES string of the molecule is CCCCCC1CCC(C(C)Cc2ccc(-c3ccc(CC)cc3)c(F)c2)CC1. The van der Waals surface area contributed by atoms with E-state index in [1.165, 1.54) is 56.9 Å². The molecule has 1 atom stereocenters. The van der Waals surface area contributed by atoms with Gasteiger partial charge in [-0.2, -0.15) is 0 Å². The average molecular weight is 395 g/mol. The van der Waals surface area contributed by atoms with Crippen LogP contribution in [-0.2, 0) is 12.8 Å². The number of benzene rings is 2. The molecule has 0 N–H and O–H groups in total. The minimum Gasteiger partial charge on any atom is -0.206 e. The van der Waals surface area contributed by atoms with Crippen LogP contribution in [0.1, 0.15) is 83.3 Å². The molecule has 0 aromatic heterocycles. The first kappa shape index (κ1) is 22.1. The highest BCUT2D eigenvalue weighted by Crippen LogP contribution is 2.37. The van der Waals surface area contributed by atoms with Gasteiger partial charge in [-0.3, -0.25) is 0 Å². The molecule has 1 aliphatic rings. The van der Waals surface area contributed by atoms with Crippen molar-refractivity contribution in [3.63, 3.8) is 0 Å². The predicted molar refractivity (Wildman–Crippen MR) is 124 cm³/mol. The minimum atomic E-state index is -0.0846. The molecule has 1 saturated carbocycles. The number of hydrogen-bond acceptors (Lipinski definition) is 0. The molecule has 0 heterocycles. The molecule has 158 valence electrons. The number of rotatable bonds is 9. The maximum absolute atomic E-state index is 14.8. The molecule has 0 nitrogen and oxygen atoms in total. The highest BCUT2D eigenvalue weighted by atomic mass is 19.1. The van der Waals surface area contributed by atoms with Crippen LogP contribution in [0.3, 0.4) is 0 Å². The first-order valence-electron chi connectivity index (χ1n) is 12.0. The normalized spacial score (nSPS) is 20.6. The second-order valence-corrected chi connectivity index (χ2v) is 9.32. The van der Waals surface area contributed by atoms with Gasteiger partial charge in [0.15, 0.2) is 0 Å². The lowest BCUT2D eigenvalue weighted by molar-refractivity contribution is 0.204. The topological polar surface area (TPSA) is 0 Å². The smallest absolute Gasteiger partial charge is 0.131 e. The van der Waals surface area contributed by atoms with Crippen LogP contribution in [0.15, 0.2) is 42.5 Å². The third kappa shape index (κ3) is 6.17. The first-order chi connectivity index (χ1) is 14.1. The van der Waals surface area contributed by atoms with Crippen LogP contribution in [0.25, 0.3) is 11.1 Å². The molecule has 1 unspecified atom stereocenters. The van der Waals surface area contributed by atoms with Gasteiger partial charge >= 0.3 is 0 Å². The Hall–Kier alpha value is -1.63. The predicted octanol–water partition coefficient (Wildman–Crippen LogP) is 8.62. The van der Waals surface area contributed by atoms with Crippen molar-refractivity contribution in [2.45, 2.75) is 85.0 Å². The summed E-state index contributed by atoms with van der Waals surface area (Å²) in [6, 6.07) is 14.2. The summed E-state index contributed by atoms with van der Waals surface area (Å²) >= 11 is 0. The lowest BCUT2D eigenvalue weighted by atomic mass is 9.73. The van der Waals surface area contributed by atoms with Crippen molar-refractivity contribution in [2.24, 2.45) is 17.8 Å². The molecule has 3 rings (SSSR count). The Labute approximate surface area is 177 Å². The summed E-state index contributed by atoms with van der Waals surface area (Å²) in [6.45, 7) is 6.80. The molecular formula is C28H39F. The van der Waals surface area contributed by atoms with Crippen LogP contribution >= 0.6 is 0 Å². The number of halogens is 1. The molecule has 1 heteroatoms. The largest absolute Gasteiger partial charge is 0.206 e. The summed E-state index contributed by atoms with van der Waals surface area (Å²) in [7, 11) is 0. The van der Waals surface area contributed by atoms with E-state index >= 15 is 0 Å². The molecule has 0 aliphatic heterocycles. The van der Waals surface area contributed by atoms with Gasteiger partial charge in [0.05, 0.1) is 0 Å². The zero-order valence-corrected chi connectivity index (χ0v) is 18.7. The zero-order valence-electron chi connectivity index (χ0n) is 18.7. The van der Waals surface area contributed by atoms with E-state index in [0.29, 0.717) is 5.92 Å². The third-order valence-corrected chi connectivity index (χ3v) is 7.18. The molecule has 0 spiro atoms. The Kier molecular flexibility index (Phi) is 8.33. The first-order valence-corrected chi connectivity index (χ1v) is 12.0. The molecule has 0 bridgehead atoms. The molecule has 29 heavy (non-hydrogen) atoms. The molecule has 1 fully saturated rings. The van der Waals surface area contributed by atoms with Crippen LogP contribution in [0.4, 0.5) is 4.39 Å². The Morgan fingerprint density at radius 1 is 0.897 bits per heavy atom. The Morgan fingerprint density at radius 3 is 2.21 bits per heavy atom. The fourth-order valence-electron chi connectivity index (χ4n) is 5.11. The van der Waals surface area contributed by atoms with Crippen molar-refractivity contribution in [3.05, 3.63) is 59.4 Å². The summed E-state index contributed by atoms with van der Waals surface area (Å²) in [6.07, 6.45) is 13.1. The number of unbranched alkanes of at least 4 members (excludes halogenated alkanes) is 2. The third-order valence-electron chi connectivity index (χ3n) is 7.18. The number of hydrogen-bond donors (Lipinski definition) is 0. The Bertz CT molecular complexity index is 737. The van der Waals surface area contributed by atoms with E-state index < -0.39 is 0 Å². The molecular weight excluding hydrogens is 355 g/mol. The van der Waals surface area contributed by atoms with Crippen molar-refractivity contribution in [1.29, 1.82) is 0 Å². The minimum absolute atomic E-state index is 0.0846. The van der Waals surface area contributed by atoms with Crippen LogP contribution in [0, 0.1) is 23.6 Å².